The Labute approximate surface area is 275 Å². The summed E-state index contributed by atoms with van der Waals surface area (Å²) < 4.78 is 22.5. The van der Waals surface area contributed by atoms with Crippen molar-refractivity contribution in [3.05, 3.63) is 11.6 Å². The van der Waals surface area contributed by atoms with Crippen molar-refractivity contribution in [3.63, 3.8) is 0 Å². The van der Waals surface area contributed by atoms with E-state index in [1.54, 1.807) is 5.57 Å². The van der Waals surface area contributed by atoms with Crippen molar-refractivity contribution in [1.29, 1.82) is 0 Å². The lowest BCUT2D eigenvalue weighted by molar-refractivity contribution is -0.0581. The van der Waals surface area contributed by atoms with E-state index in [-0.39, 0.29) is 17.6 Å². The smallest absolute Gasteiger partial charge is 0.407 e. The molecule has 0 bridgehead atoms. The van der Waals surface area contributed by atoms with E-state index in [4.69, 9.17) is 18.9 Å². The van der Waals surface area contributed by atoms with Crippen LogP contribution >= 0.6 is 0 Å². The van der Waals surface area contributed by atoms with Crippen molar-refractivity contribution in [2.75, 3.05) is 59.8 Å². The van der Waals surface area contributed by atoms with Crippen LogP contribution in [0.25, 0.3) is 0 Å². The van der Waals surface area contributed by atoms with Crippen LogP contribution < -0.4 is 10.6 Å². The average molecular weight is 633 g/mol. The third-order valence-electron chi connectivity index (χ3n) is 12.5. The molecule has 45 heavy (non-hydrogen) atoms. The number of carbonyl (C=O) groups is 1. The molecular formula is C38H68N2O5. The van der Waals surface area contributed by atoms with Gasteiger partial charge in [0.2, 0.25) is 0 Å². The van der Waals surface area contributed by atoms with Gasteiger partial charge in [0.1, 0.15) is 6.10 Å². The SMILES string of the molecule is CNCCOCCOCCOCCCNC(=O)OC1CC[C@@]2(C)C(=CC[C@H]3C4CC[C@H]([C@H](C)CCCC(C)C)C4(C)CCC32)C1. The number of allylic oxidation sites excluding steroid dienone is 1. The number of carbonyl (C=O) groups excluding carboxylic acids is 1. The number of alkyl carbamates (subject to hydrolysis) is 1. The monoisotopic (exact) mass is 633 g/mol. The number of amides is 1. The molecule has 1 amide bonds. The number of hydrogen-bond donors (Lipinski definition) is 2. The minimum atomic E-state index is -0.285. The highest BCUT2D eigenvalue weighted by atomic mass is 16.6. The van der Waals surface area contributed by atoms with E-state index in [1.165, 1.54) is 51.4 Å². The van der Waals surface area contributed by atoms with Gasteiger partial charge in [-0.15, -0.1) is 0 Å². The Bertz CT molecular complexity index is 926. The molecule has 0 aromatic carbocycles. The first kappa shape index (κ1) is 36.7. The van der Waals surface area contributed by atoms with Crippen molar-refractivity contribution in [1.82, 2.24) is 10.6 Å². The number of hydrogen-bond acceptors (Lipinski definition) is 6. The Balaban J connectivity index is 1.14. The van der Waals surface area contributed by atoms with E-state index in [0.29, 0.717) is 51.6 Å². The first-order chi connectivity index (χ1) is 21.7. The fourth-order valence-corrected chi connectivity index (χ4v) is 10.0. The highest BCUT2D eigenvalue weighted by molar-refractivity contribution is 5.67. The lowest BCUT2D eigenvalue weighted by atomic mass is 9.47. The molecule has 4 aliphatic rings. The van der Waals surface area contributed by atoms with Crippen LogP contribution in [-0.2, 0) is 18.9 Å². The zero-order valence-electron chi connectivity index (χ0n) is 29.8. The van der Waals surface area contributed by atoms with Crippen LogP contribution in [0.1, 0.15) is 112 Å². The molecule has 2 N–H and O–H groups in total. The summed E-state index contributed by atoms with van der Waals surface area (Å²) in [6, 6.07) is 0. The number of fused-ring (bicyclic) bond motifs is 5. The number of likely N-dealkylation sites (N-methyl/N-ethyl adjacent to an activating group) is 1. The van der Waals surface area contributed by atoms with Gasteiger partial charge in [-0.3, -0.25) is 0 Å². The van der Waals surface area contributed by atoms with Crippen molar-refractivity contribution in [2.45, 2.75) is 118 Å². The summed E-state index contributed by atoms with van der Waals surface area (Å²) in [5, 5.41) is 5.98. The van der Waals surface area contributed by atoms with Crippen molar-refractivity contribution >= 4 is 6.09 Å². The lowest BCUT2D eigenvalue weighted by Crippen LogP contribution is -2.51. The molecule has 0 aromatic heterocycles. The predicted octanol–water partition coefficient (Wildman–Crippen LogP) is 7.78. The molecule has 4 aliphatic carbocycles. The Kier molecular flexibility index (Phi) is 14.5. The summed E-state index contributed by atoms with van der Waals surface area (Å²) in [6.45, 7) is 17.5. The summed E-state index contributed by atoms with van der Waals surface area (Å²) in [4.78, 5) is 12.6. The molecule has 4 rings (SSSR count). The molecule has 0 saturated heterocycles. The van der Waals surface area contributed by atoms with Crippen molar-refractivity contribution in [3.8, 4) is 0 Å². The van der Waals surface area contributed by atoms with E-state index < -0.39 is 0 Å². The zero-order chi connectivity index (χ0) is 32.3. The Morgan fingerprint density at radius 1 is 0.867 bits per heavy atom. The first-order valence-corrected chi connectivity index (χ1v) is 18.7. The van der Waals surface area contributed by atoms with Gasteiger partial charge in [0.15, 0.2) is 0 Å². The van der Waals surface area contributed by atoms with E-state index in [1.807, 2.05) is 7.05 Å². The first-order valence-electron chi connectivity index (χ1n) is 18.7. The van der Waals surface area contributed by atoms with Crippen LogP contribution in [-0.4, -0.2) is 72.0 Å². The molecule has 0 aromatic rings. The third kappa shape index (κ3) is 9.70. The van der Waals surface area contributed by atoms with Crippen LogP contribution in [0.4, 0.5) is 4.79 Å². The second-order valence-electron chi connectivity index (χ2n) is 15.8. The molecule has 8 atom stereocenters. The summed E-state index contributed by atoms with van der Waals surface area (Å²) in [6.07, 6.45) is 17.2. The molecular weight excluding hydrogens is 564 g/mol. The minimum absolute atomic E-state index is 0.00658. The van der Waals surface area contributed by atoms with Gasteiger partial charge in [0, 0.05) is 26.1 Å². The van der Waals surface area contributed by atoms with E-state index >= 15 is 0 Å². The molecule has 7 heteroatoms. The number of ether oxygens (including phenoxy) is 4. The Morgan fingerprint density at radius 2 is 1.60 bits per heavy atom. The molecule has 3 fully saturated rings. The van der Waals surface area contributed by atoms with Gasteiger partial charge in [-0.25, -0.2) is 4.79 Å². The standard InChI is InChI=1S/C38H68N2O5/c1-28(2)9-7-10-29(3)33-13-14-34-32-12-11-30-27-31(15-17-37(30,4)35(32)16-18-38(33,34)5)45-36(41)40-19-8-21-42-23-25-44-26-24-43-22-20-39-6/h11,28-29,31-35,39H,7-10,12-27H2,1-6H3,(H,40,41)/t29-,31?,32+,33-,34?,35?,37+,38?/m1/s1. The molecule has 7 nitrogen and oxygen atoms in total. The maximum absolute atomic E-state index is 12.6. The number of rotatable bonds is 19. The van der Waals surface area contributed by atoms with Crippen LogP contribution in [0, 0.1) is 46.3 Å². The molecule has 260 valence electrons. The maximum Gasteiger partial charge on any atom is 0.407 e. The summed E-state index contributed by atoms with van der Waals surface area (Å²) in [5.74, 6) is 5.10. The summed E-state index contributed by atoms with van der Waals surface area (Å²) >= 11 is 0. The van der Waals surface area contributed by atoms with Gasteiger partial charge in [-0.1, -0.05) is 65.5 Å². The van der Waals surface area contributed by atoms with E-state index in [9.17, 15) is 4.79 Å². The topological polar surface area (TPSA) is 78.0 Å². The Morgan fingerprint density at radius 3 is 2.33 bits per heavy atom. The van der Waals surface area contributed by atoms with E-state index in [2.05, 4.69) is 51.3 Å². The predicted molar refractivity (Wildman–Crippen MR) is 182 cm³/mol. The molecule has 3 saturated carbocycles. The fraction of sp³-hybridized carbons (Fsp3) is 0.921. The van der Waals surface area contributed by atoms with Crippen LogP contribution in [0.15, 0.2) is 11.6 Å². The minimum Gasteiger partial charge on any atom is -0.446 e. The van der Waals surface area contributed by atoms with Gasteiger partial charge < -0.3 is 29.6 Å². The molecule has 0 heterocycles. The summed E-state index contributed by atoms with van der Waals surface area (Å²) in [5.41, 5.74) is 2.38. The van der Waals surface area contributed by atoms with Crippen molar-refractivity contribution in [2.24, 2.45) is 46.3 Å². The van der Waals surface area contributed by atoms with Crippen molar-refractivity contribution < 1.29 is 23.7 Å². The largest absolute Gasteiger partial charge is 0.446 e. The van der Waals surface area contributed by atoms with Crippen LogP contribution in [0.2, 0.25) is 0 Å². The highest BCUT2D eigenvalue weighted by Gasteiger charge is 2.59. The van der Waals surface area contributed by atoms with Crippen LogP contribution in [0.3, 0.4) is 0 Å². The summed E-state index contributed by atoms with van der Waals surface area (Å²) in [7, 11) is 1.91. The maximum atomic E-state index is 12.6. The van der Waals surface area contributed by atoms with Gasteiger partial charge in [-0.2, -0.15) is 0 Å². The van der Waals surface area contributed by atoms with Gasteiger partial charge >= 0.3 is 6.09 Å². The molecule has 0 radical (unpaired) electrons. The van der Waals surface area contributed by atoms with Gasteiger partial charge in [0.05, 0.1) is 33.0 Å². The second-order valence-corrected chi connectivity index (χ2v) is 15.8. The van der Waals surface area contributed by atoms with E-state index in [0.717, 1.165) is 67.7 Å². The fourth-order valence-electron chi connectivity index (χ4n) is 10.0. The molecule has 4 unspecified atom stereocenters. The van der Waals surface area contributed by atoms with Gasteiger partial charge in [-0.05, 0) is 105 Å². The normalized spacial score (nSPS) is 33.2. The van der Waals surface area contributed by atoms with Gasteiger partial charge in [0.25, 0.3) is 0 Å². The zero-order valence-corrected chi connectivity index (χ0v) is 29.8. The number of nitrogens with one attached hydrogen (secondary N) is 2. The van der Waals surface area contributed by atoms with Crippen LogP contribution in [0.5, 0.6) is 0 Å². The quantitative estimate of drug-likeness (QED) is 0.112. The lowest BCUT2D eigenvalue weighted by Gasteiger charge is -2.58. The molecule has 0 aliphatic heterocycles. The average Bonchev–Trinajstić information content (AvgIpc) is 3.37. The third-order valence-corrected chi connectivity index (χ3v) is 12.5. The Hall–Kier alpha value is -1.15. The highest BCUT2D eigenvalue weighted by Crippen LogP contribution is 2.67. The molecule has 0 spiro atoms. The second kappa shape index (κ2) is 17.8.